The van der Waals surface area contributed by atoms with Crippen LogP contribution in [0.1, 0.15) is 41.6 Å². The Labute approximate surface area is 183 Å². The van der Waals surface area contributed by atoms with Crippen molar-refractivity contribution in [1.82, 2.24) is 14.9 Å². The van der Waals surface area contributed by atoms with Crippen LogP contribution < -0.4 is 9.64 Å². The highest BCUT2D eigenvalue weighted by atomic mass is 16.5. The van der Waals surface area contributed by atoms with Crippen LogP contribution in [-0.4, -0.2) is 78.5 Å². The van der Waals surface area contributed by atoms with Crippen LogP contribution in [0.2, 0.25) is 0 Å². The molecule has 0 amide bonds. The third-order valence-electron chi connectivity index (χ3n) is 5.26. The van der Waals surface area contributed by atoms with Gasteiger partial charge >= 0.3 is 5.97 Å². The van der Waals surface area contributed by atoms with E-state index in [2.05, 4.69) is 33.4 Å². The molecule has 168 valence electrons. The van der Waals surface area contributed by atoms with E-state index in [1.54, 1.807) is 24.3 Å². The number of hydrogen-bond donors (Lipinski definition) is 1. The molecule has 3 rings (SSSR count). The summed E-state index contributed by atoms with van der Waals surface area (Å²) in [7, 11) is 1.35. The summed E-state index contributed by atoms with van der Waals surface area (Å²) in [5.41, 5.74) is 1.45. The Hall–Kier alpha value is -2.71. The predicted octanol–water partition coefficient (Wildman–Crippen LogP) is 2.26. The molecule has 1 unspecified atom stereocenters. The third-order valence-corrected chi connectivity index (χ3v) is 5.26. The van der Waals surface area contributed by atoms with Crippen LogP contribution in [0.15, 0.2) is 30.3 Å². The zero-order valence-corrected chi connectivity index (χ0v) is 18.7. The maximum absolute atomic E-state index is 11.5. The number of esters is 1. The molecule has 8 nitrogen and oxygen atoms in total. The zero-order chi connectivity index (χ0) is 22.4. The average Bonchev–Trinajstić information content (AvgIpc) is 2.77. The Morgan fingerprint density at radius 3 is 2.42 bits per heavy atom. The minimum atomic E-state index is -0.597. The van der Waals surface area contributed by atoms with Crippen molar-refractivity contribution >= 4 is 11.8 Å². The second-order valence-corrected chi connectivity index (χ2v) is 8.15. The summed E-state index contributed by atoms with van der Waals surface area (Å²) >= 11 is 0. The van der Waals surface area contributed by atoms with E-state index in [9.17, 15) is 9.90 Å². The van der Waals surface area contributed by atoms with E-state index in [0.717, 1.165) is 43.5 Å². The second kappa shape index (κ2) is 10.5. The van der Waals surface area contributed by atoms with E-state index in [4.69, 9.17) is 9.72 Å². The maximum atomic E-state index is 11.5. The number of β-amino-alcohol motifs (C(OH)–C–C–N with tert-alkyl or cyclic N) is 1. The molecule has 31 heavy (non-hydrogen) atoms. The highest BCUT2D eigenvalue weighted by Crippen LogP contribution is 2.19. The number of benzene rings is 1. The van der Waals surface area contributed by atoms with Gasteiger partial charge in [-0.05, 0) is 31.2 Å². The van der Waals surface area contributed by atoms with Gasteiger partial charge in [0, 0.05) is 50.4 Å². The van der Waals surface area contributed by atoms with E-state index in [1.807, 2.05) is 13.0 Å². The zero-order valence-electron chi connectivity index (χ0n) is 18.7. The third kappa shape index (κ3) is 6.38. The Morgan fingerprint density at radius 2 is 1.81 bits per heavy atom. The van der Waals surface area contributed by atoms with E-state index in [1.165, 1.54) is 7.11 Å². The number of nitrogens with zero attached hydrogens (tertiary/aromatic N) is 4. The number of aliphatic hydroxyl groups is 1. The molecule has 1 atom stereocenters. The van der Waals surface area contributed by atoms with Crippen LogP contribution in [0, 0.1) is 6.92 Å². The van der Waals surface area contributed by atoms with Gasteiger partial charge in [-0.2, -0.15) is 0 Å². The van der Waals surface area contributed by atoms with E-state index in [0.29, 0.717) is 23.8 Å². The molecule has 1 aromatic heterocycles. The lowest BCUT2D eigenvalue weighted by Crippen LogP contribution is -2.49. The lowest BCUT2D eigenvalue weighted by molar-refractivity contribution is 0.0599. The van der Waals surface area contributed by atoms with Gasteiger partial charge in [0.25, 0.3) is 0 Å². The highest BCUT2D eigenvalue weighted by molar-refractivity contribution is 5.89. The van der Waals surface area contributed by atoms with Crippen LogP contribution in [0.3, 0.4) is 0 Å². The fraction of sp³-hybridized carbons (Fsp3) is 0.522. The van der Waals surface area contributed by atoms with E-state index >= 15 is 0 Å². The average molecular weight is 429 g/mol. The minimum Gasteiger partial charge on any atom is -0.491 e. The lowest BCUT2D eigenvalue weighted by atomic mass is 10.2. The summed E-state index contributed by atoms with van der Waals surface area (Å²) in [6.07, 6.45) is -0.597. The molecule has 1 fully saturated rings. The van der Waals surface area contributed by atoms with Crippen LogP contribution in [-0.2, 0) is 4.74 Å². The Morgan fingerprint density at radius 1 is 1.13 bits per heavy atom. The molecular weight excluding hydrogens is 396 g/mol. The van der Waals surface area contributed by atoms with Crippen molar-refractivity contribution < 1.29 is 19.4 Å². The second-order valence-electron chi connectivity index (χ2n) is 8.15. The summed E-state index contributed by atoms with van der Waals surface area (Å²) in [6.45, 7) is 10.4. The van der Waals surface area contributed by atoms with Crippen molar-refractivity contribution in [1.29, 1.82) is 0 Å². The number of carbonyl (C=O) groups excluding carboxylic acids is 1. The molecule has 0 radical (unpaired) electrons. The fourth-order valence-electron chi connectivity index (χ4n) is 3.50. The van der Waals surface area contributed by atoms with Crippen LogP contribution in [0.5, 0.6) is 5.75 Å². The van der Waals surface area contributed by atoms with Gasteiger partial charge in [0.15, 0.2) is 0 Å². The highest BCUT2D eigenvalue weighted by Gasteiger charge is 2.21. The molecule has 1 aliphatic heterocycles. The SMILES string of the molecule is COC(=O)c1ccc(OCC(O)CN2CCN(c3cc(C)nc(C(C)C)n3)CC2)cc1. The quantitative estimate of drug-likeness (QED) is 0.641. The number of methoxy groups -OCH3 is 1. The number of anilines is 1. The van der Waals surface area contributed by atoms with Crippen molar-refractivity contribution in [3.8, 4) is 5.75 Å². The monoisotopic (exact) mass is 428 g/mol. The van der Waals surface area contributed by atoms with Gasteiger partial charge in [0.05, 0.1) is 12.7 Å². The van der Waals surface area contributed by atoms with Crippen molar-refractivity contribution in [3.05, 3.63) is 47.4 Å². The molecule has 1 saturated heterocycles. The first-order chi connectivity index (χ1) is 14.9. The number of hydrogen-bond acceptors (Lipinski definition) is 8. The Balaban J connectivity index is 1.45. The largest absolute Gasteiger partial charge is 0.491 e. The van der Waals surface area contributed by atoms with Crippen LogP contribution in [0.25, 0.3) is 0 Å². The Bertz CT molecular complexity index is 864. The fourth-order valence-corrected chi connectivity index (χ4v) is 3.50. The molecule has 1 aromatic carbocycles. The predicted molar refractivity (Wildman–Crippen MR) is 119 cm³/mol. The molecule has 2 heterocycles. The summed E-state index contributed by atoms with van der Waals surface area (Å²) in [5.74, 6) is 2.38. The number of aromatic nitrogens is 2. The van der Waals surface area contributed by atoms with Gasteiger partial charge in [0.1, 0.15) is 30.1 Å². The minimum absolute atomic E-state index is 0.195. The molecule has 1 aliphatic rings. The molecule has 0 aliphatic carbocycles. The lowest BCUT2D eigenvalue weighted by Gasteiger charge is -2.36. The summed E-state index contributed by atoms with van der Waals surface area (Å²) < 4.78 is 10.3. The van der Waals surface area contributed by atoms with Gasteiger partial charge in [-0.1, -0.05) is 13.8 Å². The standard InChI is InChI=1S/C23H32N4O4/c1-16(2)22-24-17(3)13-21(25-22)27-11-9-26(10-12-27)14-19(28)15-31-20-7-5-18(6-8-20)23(29)30-4/h5-8,13,16,19,28H,9-12,14-15H2,1-4H3. The summed E-state index contributed by atoms with van der Waals surface area (Å²) in [6, 6.07) is 8.73. The first-order valence-electron chi connectivity index (χ1n) is 10.7. The van der Waals surface area contributed by atoms with Gasteiger partial charge in [-0.15, -0.1) is 0 Å². The number of aliphatic hydroxyl groups excluding tert-OH is 1. The molecule has 0 bridgehead atoms. The molecular formula is C23H32N4O4. The van der Waals surface area contributed by atoms with E-state index in [-0.39, 0.29) is 12.6 Å². The van der Waals surface area contributed by atoms with Crippen molar-refractivity contribution in [2.75, 3.05) is 51.3 Å². The Kier molecular flexibility index (Phi) is 7.81. The van der Waals surface area contributed by atoms with Gasteiger partial charge in [0.2, 0.25) is 0 Å². The first-order valence-corrected chi connectivity index (χ1v) is 10.7. The number of ether oxygens (including phenoxy) is 2. The van der Waals surface area contributed by atoms with Crippen LogP contribution >= 0.6 is 0 Å². The van der Waals surface area contributed by atoms with E-state index < -0.39 is 6.10 Å². The summed E-state index contributed by atoms with van der Waals surface area (Å²) in [4.78, 5) is 25.2. The topological polar surface area (TPSA) is 88.0 Å². The number of aryl methyl sites for hydroxylation is 1. The molecule has 8 heteroatoms. The molecule has 1 N–H and O–H groups in total. The van der Waals surface area contributed by atoms with Gasteiger partial charge in [-0.25, -0.2) is 14.8 Å². The molecule has 0 spiro atoms. The molecule has 2 aromatic rings. The maximum Gasteiger partial charge on any atom is 0.337 e. The number of piperazine rings is 1. The first kappa shape index (κ1) is 23.0. The summed E-state index contributed by atoms with van der Waals surface area (Å²) in [5, 5.41) is 10.4. The van der Waals surface area contributed by atoms with Crippen LogP contribution in [0.4, 0.5) is 5.82 Å². The van der Waals surface area contributed by atoms with Gasteiger partial charge in [-0.3, -0.25) is 4.90 Å². The molecule has 0 saturated carbocycles. The number of rotatable bonds is 8. The van der Waals surface area contributed by atoms with Gasteiger partial charge < -0.3 is 19.5 Å². The van der Waals surface area contributed by atoms with Crippen molar-refractivity contribution in [2.24, 2.45) is 0 Å². The normalized spacial score (nSPS) is 15.7. The number of carbonyl (C=O) groups is 1. The van der Waals surface area contributed by atoms with Crippen molar-refractivity contribution in [3.63, 3.8) is 0 Å². The van der Waals surface area contributed by atoms with Crippen molar-refractivity contribution in [2.45, 2.75) is 32.8 Å². The smallest absolute Gasteiger partial charge is 0.337 e.